The Morgan fingerprint density at radius 2 is 2.00 bits per heavy atom. The number of carbonyl (C=O) groups is 3. The van der Waals surface area contributed by atoms with Gasteiger partial charge in [-0.3, -0.25) is 14.4 Å². The smallest absolute Gasteiger partial charge is 0.248 e. The van der Waals surface area contributed by atoms with Crippen LogP contribution in [0.2, 0.25) is 0 Å². The van der Waals surface area contributed by atoms with E-state index in [1.54, 1.807) is 12.1 Å². The van der Waals surface area contributed by atoms with E-state index in [4.69, 9.17) is 5.73 Å². The molecular weight excluding hydrogens is 432 g/mol. The lowest BCUT2D eigenvalue weighted by molar-refractivity contribution is -0.115. The van der Waals surface area contributed by atoms with E-state index in [1.807, 2.05) is 13.8 Å². The number of hydrogen-bond acceptors (Lipinski definition) is 6. The number of phenolic OH excluding ortho intramolecular Hbond substituents is 1. The van der Waals surface area contributed by atoms with Crippen LogP contribution in [0, 0.1) is 23.7 Å². The van der Waals surface area contributed by atoms with Gasteiger partial charge in [0, 0.05) is 24.1 Å². The van der Waals surface area contributed by atoms with Crippen LogP contribution in [0.3, 0.4) is 0 Å². The number of nitrogens with two attached hydrogens (primary N) is 1. The second-order valence-electron chi connectivity index (χ2n) is 9.62. The van der Waals surface area contributed by atoms with Gasteiger partial charge in [-0.1, -0.05) is 18.6 Å². The Kier molecular flexibility index (Phi) is 6.49. The minimum atomic E-state index is -0.617. The summed E-state index contributed by atoms with van der Waals surface area (Å²) in [7, 11) is 0. The maximum atomic E-state index is 13.8. The monoisotopic (exact) mass is 464 g/mol. The van der Waals surface area contributed by atoms with E-state index in [0.29, 0.717) is 48.9 Å². The average Bonchev–Trinajstić information content (AvgIpc) is 2.77. The van der Waals surface area contributed by atoms with E-state index in [9.17, 15) is 24.6 Å². The van der Waals surface area contributed by atoms with E-state index >= 15 is 0 Å². The minimum absolute atomic E-state index is 0.0567. The van der Waals surface area contributed by atoms with E-state index in [0.717, 1.165) is 5.57 Å². The number of aliphatic hydroxyl groups is 1. The van der Waals surface area contributed by atoms with Gasteiger partial charge in [-0.2, -0.15) is 0 Å². The quantitative estimate of drug-likeness (QED) is 0.278. The van der Waals surface area contributed by atoms with Crippen LogP contribution < -0.4 is 11.1 Å². The van der Waals surface area contributed by atoms with E-state index < -0.39 is 5.91 Å². The lowest BCUT2D eigenvalue weighted by Gasteiger charge is -2.46. The number of phenols is 1. The number of carbonyl (C=O) groups excluding carboxylic acids is 3. The standard InChI is InChI=1S/C27H32N2O5/c1-4-8-29-12-21(32)17-6-7-19(30)24-18(17)10-14-9-15-11-20(31)25(27(28)34)16(5-2)22(15)13(3)23(14)26(24)33/h4,6-7,14-16,22,29-31H,1,5,8-12H2,2-3H3,(H2,28,34). The number of nitrogens with one attached hydrogen (secondary N) is 1. The third-order valence-electron chi connectivity index (χ3n) is 7.79. The van der Waals surface area contributed by atoms with Crippen molar-refractivity contribution < 1.29 is 24.6 Å². The zero-order valence-corrected chi connectivity index (χ0v) is 19.7. The Hall–Kier alpha value is -3.19. The number of aromatic hydroxyl groups is 1. The summed E-state index contributed by atoms with van der Waals surface area (Å²) in [4.78, 5) is 38.8. The van der Waals surface area contributed by atoms with Crippen molar-refractivity contribution in [2.45, 2.75) is 39.5 Å². The van der Waals surface area contributed by atoms with Gasteiger partial charge in [-0.25, -0.2) is 0 Å². The molecule has 5 N–H and O–H groups in total. The van der Waals surface area contributed by atoms with Gasteiger partial charge in [-0.05, 0) is 67.6 Å². The van der Waals surface area contributed by atoms with Crippen molar-refractivity contribution in [1.29, 1.82) is 0 Å². The fourth-order valence-corrected chi connectivity index (χ4v) is 6.54. The Balaban J connectivity index is 1.78. The fourth-order valence-electron chi connectivity index (χ4n) is 6.54. The molecule has 4 unspecified atom stereocenters. The first-order valence-corrected chi connectivity index (χ1v) is 11.9. The summed E-state index contributed by atoms with van der Waals surface area (Å²) in [5.41, 5.74) is 8.70. The molecule has 1 aromatic rings. The molecule has 3 aliphatic rings. The van der Waals surface area contributed by atoms with Crippen LogP contribution in [-0.4, -0.2) is 40.8 Å². The molecule has 0 fully saturated rings. The molecule has 34 heavy (non-hydrogen) atoms. The molecule has 3 aliphatic carbocycles. The summed E-state index contributed by atoms with van der Waals surface area (Å²) in [6.07, 6.45) is 3.76. The average molecular weight is 465 g/mol. The summed E-state index contributed by atoms with van der Waals surface area (Å²) in [6, 6.07) is 3.01. The van der Waals surface area contributed by atoms with Gasteiger partial charge in [0.15, 0.2) is 11.6 Å². The third-order valence-corrected chi connectivity index (χ3v) is 7.79. The second-order valence-corrected chi connectivity index (χ2v) is 9.62. The van der Waals surface area contributed by atoms with Crippen molar-refractivity contribution in [2.75, 3.05) is 13.1 Å². The first-order chi connectivity index (χ1) is 16.2. The van der Waals surface area contributed by atoms with Gasteiger partial charge in [0.05, 0.1) is 17.7 Å². The molecule has 0 aliphatic heterocycles. The zero-order valence-electron chi connectivity index (χ0n) is 19.7. The lowest BCUT2D eigenvalue weighted by atomic mass is 9.57. The Morgan fingerprint density at radius 1 is 1.26 bits per heavy atom. The molecular formula is C27H32N2O5. The SMILES string of the molecule is C=CCNCC(=O)c1ccc(O)c2c1CC1CC3CC(O)=C(C(N)=O)C(CC)C3C(C)=C1C2=O. The van der Waals surface area contributed by atoms with Crippen LogP contribution in [0.4, 0.5) is 0 Å². The number of fused-ring (bicyclic) bond motifs is 3. The Morgan fingerprint density at radius 3 is 2.65 bits per heavy atom. The molecule has 7 nitrogen and oxygen atoms in total. The zero-order chi connectivity index (χ0) is 24.7. The molecule has 0 heterocycles. The van der Waals surface area contributed by atoms with Crippen molar-refractivity contribution in [3.8, 4) is 5.75 Å². The molecule has 4 atom stereocenters. The molecule has 0 bridgehead atoms. The summed E-state index contributed by atoms with van der Waals surface area (Å²) in [5.74, 6) is -1.44. The predicted octanol–water partition coefficient (Wildman–Crippen LogP) is 3.39. The molecule has 0 saturated heterocycles. The number of ketones is 2. The molecule has 0 aromatic heterocycles. The van der Waals surface area contributed by atoms with Crippen LogP contribution >= 0.6 is 0 Å². The molecule has 180 valence electrons. The number of benzene rings is 1. The van der Waals surface area contributed by atoms with Crippen molar-refractivity contribution in [1.82, 2.24) is 5.32 Å². The van der Waals surface area contributed by atoms with Crippen molar-refractivity contribution >= 4 is 17.5 Å². The molecule has 1 amide bonds. The lowest BCUT2D eigenvalue weighted by Crippen LogP contribution is -2.42. The number of hydrogen-bond donors (Lipinski definition) is 4. The van der Waals surface area contributed by atoms with Crippen LogP contribution in [0.1, 0.15) is 59.4 Å². The summed E-state index contributed by atoms with van der Waals surface area (Å²) in [6.45, 7) is 8.12. The Bertz CT molecular complexity index is 1150. The van der Waals surface area contributed by atoms with E-state index in [-0.39, 0.29) is 64.4 Å². The third kappa shape index (κ3) is 3.78. The summed E-state index contributed by atoms with van der Waals surface area (Å²) >= 11 is 0. The largest absolute Gasteiger partial charge is 0.512 e. The van der Waals surface area contributed by atoms with Crippen molar-refractivity contribution in [3.05, 3.63) is 64.0 Å². The minimum Gasteiger partial charge on any atom is -0.512 e. The van der Waals surface area contributed by atoms with E-state index in [1.165, 1.54) is 6.07 Å². The molecule has 0 radical (unpaired) electrons. The number of rotatable bonds is 7. The van der Waals surface area contributed by atoms with E-state index in [2.05, 4.69) is 11.9 Å². The number of allylic oxidation sites excluding steroid dienone is 3. The molecule has 4 rings (SSSR count). The molecule has 1 aromatic carbocycles. The van der Waals surface area contributed by atoms with Crippen LogP contribution in [0.25, 0.3) is 0 Å². The van der Waals surface area contributed by atoms with Crippen LogP contribution in [-0.2, 0) is 11.2 Å². The van der Waals surface area contributed by atoms with Gasteiger partial charge in [-0.15, -0.1) is 6.58 Å². The predicted molar refractivity (Wildman–Crippen MR) is 129 cm³/mol. The topological polar surface area (TPSA) is 130 Å². The van der Waals surface area contributed by atoms with Gasteiger partial charge in [0.25, 0.3) is 0 Å². The van der Waals surface area contributed by atoms with Gasteiger partial charge >= 0.3 is 0 Å². The second kappa shape index (κ2) is 9.22. The highest BCUT2D eigenvalue weighted by atomic mass is 16.3. The molecule has 7 heteroatoms. The number of Topliss-reactive ketones (excluding diaryl/α,β-unsaturated/α-hetero) is 2. The summed E-state index contributed by atoms with van der Waals surface area (Å²) < 4.78 is 0. The number of primary amides is 1. The maximum absolute atomic E-state index is 13.8. The Labute approximate surface area is 199 Å². The molecule has 0 spiro atoms. The maximum Gasteiger partial charge on any atom is 0.248 e. The molecule has 0 saturated carbocycles. The highest BCUT2D eigenvalue weighted by Gasteiger charge is 2.48. The van der Waals surface area contributed by atoms with Gasteiger partial charge < -0.3 is 21.3 Å². The summed E-state index contributed by atoms with van der Waals surface area (Å²) in [5, 5.41) is 24.3. The number of aliphatic hydroxyl groups excluding tert-OH is 1. The first kappa shape index (κ1) is 24.0. The van der Waals surface area contributed by atoms with Gasteiger partial charge in [0.2, 0.25) is 5.91 Å². The van der Waals surface area contributed by atoms with Crippen LogP contribution in [0.15, 0.2) is 47.3 Å². The first-order valence-electron chi connectivity index (χ1n) is 11.9. The van der Waals surface area contributed by atoms with Crippen molar-refractivity contribution in [3.63, 3.8) is 0 Å². The van der Waals surface area contributed by atoms with Crippen LogP contribution in [0.5, 0.6) is 5.75 Å². The fraction of sp³-hybridized carbons (Fsp3) is 0.444. The van der Waals surface area contributed by atoms with Crippen molar-refractivity contribution in [2.24, 2.45) is 29.4 Å². The normalized spacial score (nSPS) is 26.0. The highest BCUT2D eigenvalue weighted by Crippen LogP contribution is 2.53. The van der Waals surface area contributed by atoms with Gasteiger partial charge in [0.1, 0.15) is 11.5 Å². The number of amides is 1. The highest BCUT2D eigenvalue weighted by molar-refractivity contribution is 6.15.